The average Bonchev–Trinajstić information content (AvgIpc) is 2.39. The monoisotopic (exact) mass is 277 g/mol. The van der Waals surface area contributed by atoms with Crippen molar-refractivity contribution in [3.05, 3.63) is 34.9 Å². The Morgan fingerprint density at radius 1 is 1.35 bits per heavy atom. The minimum atomic E-state index is -0.233. The Morgan fingerprint density at radius 2 is 2.05 bits per heavy atom. The minimum Gasteiger partial charge on any atom is -0.458 e. The topological polar surface area (TPSA) is 38.8 Å². The predicted octanol–water partition coefficient (Wildman–Crippen LogP) is 2.18. The smallest absolute Gasteiger partial charge is 0.338 e. The number of hydrogen-bond donors (Lipinski definition) is 0. The Hall–Kier alpha value is -1.39. The van der Waals surface area contributed by atoms with E-state index in [4.69, 9.17) is 9.47 Å². The van der Waals surface area contributed by atoms with Gasteiger partial charge in [-0.1, -0.05) is 17.7 Å². The molecule has 2 rings (SSSR count). The maximum absolute atomic E-state index is 12.2. The molecule has 1 atom stereocenters. The number of rotatable bonds is 4. The molecule has 0 saturated carbocycles. The molecule has 1 fully saturated rings. The Bertz CT molecular complexity index is 467. The van der Waals surface area contributed by atoms with Gasteiger partial charge < -0.3 is 9.47 Å². The van der Waals surface area contributed by atoms with Crippen LogP contribution in [0.25, 0.3) is 0 Å². The lowest BCUT2D eigenvalue weighted by molar-refractivity contribution is 0.000411. The van der Waals surface area contributed by atoms with E-state index in [0.717, 1.165) is 44.0 Å². The van der Waals surface area contributed by atoms with Gasteiger partial charge in [0.25, 0.3) is 0 Å². The van der Waals surface area contributed by atoms with Crippen LogP contribution in [0.3, 0.4) is 0 Å². The molecule has 0 amide bonds. The highest BCUT2D eigenvalue weighted by molar-refractivity contribution is 5.91. The van der Waals surface area contributed by atoms with E-state index in [9.17, 15) is 4.79 Å². The molecule has 0 radical (unpaired) electrons. The third-order valence-electron chi connectivity index (χ3n) is 3.53. The highest BCUT2D eigenvalue weighted by atomic mass is 16.5. The van der Waals surface area contributed by atoms with Crippen LogP contribution in [0.4, 0.5) is 0 Å². The third-order valence-corrected chi connectivity index (χ3v) is 3.53. The first-order chi connectivity index (χ1) is 9.56. The maximum atomic E-state index is 12.2. The van der Waals surface area contributed by atoms with Gasteiger partial charge in [0.05, 0.1) is 18.8 Å². The van der Waals surface area contributed by atoms with Crippen molar-refractivity contribution in [1.82, 2.24) is 4.90 Å². The van der Waals surface area contributed by atoms with Crippen molar-refractivity contribution in [2.45, 2.75) is 26.9 Å². The molecule has 0 aliphatic carbocycles. The number of morpholine rings is 1. The number of carbonyl (C=O) groups is 1. The van der Waals surface area contributed by atoms with Crippen molar-refractivity contribution in [3.8, 4) is 0 Å². The molecule has 1 unspecified atom stereocenters. The zero-order valence-corrected chi connectivity index (χ0v) is 12.5. The van der Waals surface area contributed by atoms with E-state index in [0.29, 0.717) is 5.56 Å². The van der Waals surface area contributed by atoms with Gasteiger partial charge in [0.15, 0.2) is 0 Å². The van der Waals surface area contributed by atoms with Crippen LogP contribution in [-0.2, 0) is 9.47 Å². The summed E-state index contributed by atoms with van der Waals surface area (Å²) >= 11 is 0. The molecule has 0 aromatic heterocycles. The zero-order valence-electron chi connectivity index (χ0n) is 12.5. The molecule has 110 valence electrons. The second-order valence-electron chi connectivity index (χ2n) is 5.45. The van der Waals surface area contributed by atoms with E-state index in [-0.39, 0.29) is 12.1 Å². The summed E-state index contributed by atoms with van der Waals surface area (Å²) in [5.41, 5.74) is 2.78. The standard InChI is InChI=1S/C16H23NO3/c1-12-4-5-15(13(2)10-12)16(18)20-14(3)11-17-6-8-19-9-7-17/h4-5,10,14H,6-9,11H2,1-3H3. The van der Waals surface area contributed by atoms with Gasteiger partial charge in [-0.05, 0) is 32.4 Å². The summed E-state index contributed by atoms with van der Waals surface area (Å²) in [6, 6.07) is 5.79. The lowest BCUT2D eigenvalue weighted by Gasteiger charge is -2.28. The molecule has 1 aromatic carbocycles. The van der Waals surface area contributed by atoms with Crippen LogP contribution < -0.4 is 0 Å². The average molecular weight is 277 g/mol. The van der Waals surface area contributed by atoms with E-state index in [1.54, 1.807) is 0 Å². The molecule has 0 spiro atoms. The Morgan fingerprint density at radius 3 is 2.70 bits per heavy atom. The number of ether oxygens (including phenoxy) is 2. The predicted molar refractivity (Wildman–Crippen MR) is 78.1 cm³/mol. The molecule has 1 aliphatic heterocycles. The molecule has 1 heterocycles. The van der Waals surface area contributed by atoms with Gasteiger partial charge in [0, 0.05) is 19.6 Å². The van der Waals surface area contributed by atoms with Gasteiger partial charge in [-0.15, -0.1) is 0 Å². The Kier molecular flexibility index (Phi) is 5.15. The van der Waals surface area contributed by atoms with Gasteiger partial charge in [-0.25, -0.2) is 4.79 Å². The largest absolute Gasteiger partial charge is 0.458 e. The third kappa shape index (κ3) is 4.05. The van der Waals surface area contributed by atoms with Crippen molar-refractivity contribution in [1.29, 1.82) is 0 Å². The fourth-order valence-electron chi connectivity index (χ4n) is 2.47. The van der Waals surface area contributed by atoms with Crippen LogP contribution in [0.1, 0.15) is 28.4 Å². The lowest BCUT2D eigenvalue weighted by atomic mass is 10.1. The molecule has 1 aliphatic rings. The summed E-state index contributed by atoms with van der Waals surface area (Å²) in [6.07, 6.45) is -0.110. The molecule has 0 N–H and O–H groups in total. The highest BCUT2D eigenvalue weighted by Gasteiger charge is 2.18. The SMILES string of the molecule is Cc1ccc(C(=O)OC(C)CN2CCOCC2)c(C)c1. The quantitative estimate of drug-likeness (QED) is 0.791. The van der Waals surface area contributed by atoms with E-state index in [2.05, 4.69) is 4.90 Å². The number of nitrogens with zero attached hydrogens (tertiary/aromatic N) is 1. The first-order valence-electron chi connectivity index (χ1n) is 7.14. The van der Waals surface area contributed by atoms with Gasteiger partial charge in [0.1, 0.15) is 6.10 Å². The zero-order chi connectivity index (χ0) is 14.5. The maximum Gasteiger partial charge on any atom is 0.338 e. The van der Waals surface area contributed by atoms with Crippen molar-refractivity contribution < 1.29 is 14.3 Å². The molecular weight excluding hydrogens is 254 g/mol. The van der Waals surface area contributed by atoms with Crippen molar-refractivity contribution >= 4 is 5.97 Å². The molecule has 4 nitrogen and oxygen atoms in total. The summed E-state index contributed by atoms with van der Waals surface area (Å²) < 4.78 is 10.8. The number of carbonyl (C=O) groups excluding carboxylic acids is 1. The van der Waals surface area contributed by atoms with Crippen LogP contribution >= 0.6 is 0 Å². The van der Waals surface area contributed by atoms with Crippen molar-refractivity contribution in [3.63, 3.8) is 0 Å². The van der Waals surface area contributed by atoms with Crippen LogP contribution in [-0.4, -0.2) is 49.8 Å². The van der Waals surface area contributed by atoms with Crippen LogP contribution in [0.2, 0.25) is 0 Å². The summed E-state index contributed by atoms with van der Waals surface area (Å²) in [7, 11) is 0. The molecule has 1 aromatic rings. The summed E-state index contributed by atoms with van der Waals surface area (Å²) in [5, 5.41) is 0. The molecule has 20 heavy (non-hydrogen) atoms. The first kappa shape index (κ1) is 15.0. The molecular formula is C16H23NO3. The van der Waals surface area contributed by atoms with Crippen molar-refractivity contribution in [2.75, 3.05) is 32.8 Å². The van der Waals surface area contributed by atoms with E-state index in [1.807, 2.05) is 39.0 Å². The van der Waals surface area contributed by atoms with E-state index in [1.165, 1.54) is 0 Å². The van der Waals surface area contributed by atoms with Gasteiger partial charge >= 0.3 is 5.97 Å². The number of benzene rings is 1. The van der Waals surface area contributed by atoms with Gasteiger partial charge in [0.2, 0.25) is 0 Å². The fourth-order valence-corrected chi connectivity index (χ4v) is 2.47. The number of esters is 1. The van der Waals surface area contributed by atoms with E-state index < -0.39 is 0 Å². The second kappa shape index (κ2) is 6.86. The Balaban J connectivity index is 1.89. The lowest BCUT2D eigenvalue weighted by Crippen LogP contribution is -2.41. The van der Waals surface area contributed by atoms with Crippen LogP contribution in [0.5, 0.6) is 0 Å². The summed E-state index contributed by atoms with van der Waals surface area (Å²) in [6.45, 7) is 10.0. The van der Waals surface area contributed by atoms with Gasteiger partial charge in [-0.3, -0.25) is 4.90 Å². The van der Waals surface area contributed by atoms with Gasteiger partial charge in [-0.2, -0.15) is 0 Å². The van der Waals surface area contributed by atoms with Crippen molar-refractivity contribution in [2.24, 2.45) is 0 Å². The fraction of sp³-hybridized carbons (Fsp3) is 0.562. The summed E-state index contributed by atoms with van der Waals surface area (Å²) in [4.78, 5) is 14.4. The van der Waals surface area contributed by atoms with E-state index >= 15 is 0 Å². The molecule has 0 bridgehead atoms. The molecule has 1 saturated heterocycles. The first-order valence-corrected chi connectivity index (χ1v) is 7.14. The number of hydrogen-bond acceptors (Lipinski definition) is 4. The number of aryl methyl sites for hydroxylation is 2. The minimum absolute atomic E-state index is 0.110. The molecule has 4 heteroatoms. The Labute approximate surface area is 120 Å². The van der Waals surface area contributed by atoms with Crippen LogP contribution in [0, 0.1) is 13.8 Å². The second-order valence-corrected chi connectivity index (χ2v) is 5.45. The summed E-state index contributed by atoms with van der Waals surface area (Å²) in [5.74, 6) is -0.233. The normalized spacial score (nSPS) is 17.8. The highest BCUT2D eigenvalue weighted by Crippen LogP contribution is 2.13. The van der Waals surface area contributed by atoms with Crippen LogP contribution in [0.15, 0.2) is 18.2 Å².